The van der Waals surface area contributed by atoms with Crippen LogP contribution in [0.3, 0.4) is 0 Å². The number of hydrogen-bond donors (Lipinski definition) is 1. The van der Waals surface area contributed by atoms with Crippen LogP contribution in [0.15, 0.2) is 46.9 Å². The molecule has 1 N–H and O–H groups in total. The summed E-state index contributed by atoms with van der Waals surface area (Å²) in [5, 5.41) is 11.3. The van der Waals surface area contributed by atoms with Crippen LogP contribution in [0.2, 0.25) is 0 Å². The van der Waals surface area contributed by atoms with Crippen molar-refractivity contribution in [2.75, 3.05) is 12.9 Å². The molecule has 0 spiro atoms. The maximum Gasteiger partial charge on any atom is 0.196 e. The summed E-state index contributed by atoms with van der Waals surface area (Å²) in [4.78, 5) is 28.9. The van der Waals surface area contributed by atoms with Crippen molar-refractivity contribution >= 4 is 34.7 Å². The lowest BCUT2D eigenvalue weighted by Crippen LogP contribution is -2.07. The third-order valence-electron chi connectivity index (χ3n) is 5.10. The fourth-order valence-electron chi connectivity index (χ4n) is 3.72. The number of aromatic nitrogens is 4. The molecule has 0 bridgehead atoms. The van der Waals surface area contributed by atoms with Gasteiger partial charge in [-0.1, -0.05) is 30.0 Å². The number of benzene rings is 1. The highest BCUT2D eigenvalue weighted by molar-refractivity contribution is 7.99. The lowest BCUT2D eigenvalue weighted by Gasteiger charge is -2.13. The third kappa shape index (κ3) is 4.01. The van der Waals surface area contributed by atoms with Crippen LogP contribution in [0.25, 0.3) is 16.4 Å². The normalized spacial score (nSPS) is 11.0. The molecule has 1 aromatic carbocycles. The summed E-state index contributed by atoms with van der Waals surface area (Å²) in [6, 6.07) is 11.6. The van der Waals surface area contributed by atoms with Crippen LogP contribution in [0.1, 0.15) is 39.0 Å². The van der Waals surface area contributed by atoms with Crippen molar-refractivity contribution in [2.45, 2.75) is 25.9 Å². The average molecular weight is 467 g/mol. The molecular formula is C23H22N4O3S2. The zero-order chi connectivity index (χ0) is 22.8. The molecule has 32 heavy (non-hydrogen) atoms. The quantitative estimate of drug-likeness (QED) is 0.286. The smallest absolute Gasteiger partial charge is 0.196 e. The van der Waals surface area contributed by atoms with Gasteiger partial charge in [0.1, 0.15) is 5.75 Å². The number of aromatic amines is 1. The van der Waals surface area contributed by atoms with Crippen LogP contribution < -0.4 is 4.74 Å². The number of carbonyl (C=O) groups is 2. The van der Waals surface area contributed by atoms with Gasteiger partial charge in [0, 0.05) is 11.3 Å². The van der Waals surface area contributed by atoms with Crippen LogP contribution >= 0.6 is 23.1 Å². The number of Topliss-reactive ketones (excluding diaryl/α,β-unsaturated/α-hetero) is 2. The van der Waals surface area contributed by atoms with Gasteiger partial charge in [0.05, 0.1) is 29.1 Å². The minimum Gasteiger partial charge on any atom is -0.495 e. The van der Waals surface area contributed by atoms with E-state index in [1.54, 1.807) is 32.3 Å². The molecule has 0 aliphatic carbocycles. The predicted octanol–water partition coefficient (Wildman–Crippen LogP) is 5.13. The highest BCUT2D eigenvalue weighted by Crippen LogP contribution is 2.34. The maximum atomic E-state index is 13.0. The van der Waals surface area contributed by atoms with Crippen molar-refractivity contribution in [1.82, 2.24) is 19.7 Å². The second kappa shape index (κ2) is 9.13. The van der Waals surface area contributed by atoms with E-state index in [1.807, 2.05) is 46.3 Å². The van der Waals surface area contributed by atoms with E-state index in [0.717, 1.165) is 10.6 Å². The van der Waals surface area contributed by atoms with Crippen molar-refractivity contribution < 1.29 is 14.3 Å². The molecule has 0 fully saturated rings. The molecule has 164 valence electrons. The van der Waals surface area contributed by atoms with Crippen molar-refractivity contribution in [3.63, 3.8) is 0 Å². The first-order valence-corrected chi connectivity index (χ1v) is 11.8. The van der Waals surface area contributed by atoms with E-state index in [-0.39, 0.29) is 17.3 Å². The third-order valence-corrected chi connectivity index (χ3v) is 6.90. The maximum absolute atomic E-state index is 13.0. The molecule has 3 heterocycles. The lowest BCUT2D eigenvalue weighted by atomic mass is 10.1. The molecule has 0 saturated heterocycles. The molecule has 9 heteroatoms. The van der Waals surface area contributed by atoms with E-state index in [9.17, 15) is 9.59 Å². The Morgan fingerprint density at radius 2 is 1.94 bits per heavy atom. The van der Waals surface area contributed by atoms with Crippen molar-refractivity contribution in [3.8, 4) is 22.1 Å². The number of ether oxygens (including phenoxy) is 1. The molecule has 4 aromatic rings. The van der Waals surface area contributed by atoms with E-state index in [0.29, 0.717) is 39.2 Å². The standard InChI is InChI=1S/C23H22N4O3S2/c1-13-20(15(3)28)14(2)24-21(13)17(29)12-32-23-26-25-22(19-10-7-11-31-19)27(23)16-8-5-6-9-18(16)30-4/h5-11,24H,12H2,1-4H3. The van der Waals surface area contributed by atoms with Gasteiger partial charge in [-0.3, -0.25) is 14.2 Å². The van der Waals surface area contributed by atoms with Crippen LogP contribution in [-0.4, -0.2) is 44.2 Å². The van der Waals surface area contributed by atoms with Gasteiger partial charge in [-0.25, -0.2) is 0 Å². The van der Waals surface area contributed by atoms with Crippen LogP contribution in [-0.2, 0) is 0 Å². The summed E-state index contributed by atoms with van der Waals surface area (Å²) in [6.45, 7) is 5.11. The number of nitrogens with zero attached hydrogens (tertiary/aromatic N) is 3. The first-order chi connectivity index (χ1) is 15.4. The van der Waals surface area contributed by atoms with Crippen LogP contribution in [0.5, 0.6) is 5.75 Å². The monoisotopic (exact) mass is 466 g/mol. The van der Waals surface area contributed by atoms with Gasteiger partial charge in [-0.15, -0.1) is 21.5 Å². The number of H-pyrrole nitrogens is 1. The molecule has 0 aliphatic rings. The first kappa shape index (κ1) is 22.0. The minimum absolute atomic E-state index is 0.0561. The molecule has 0 unspecified atom stereocenters. The predicted molar refractivity (Wildman–Crippen MR) is 127 cm³/mol. The number of thiophene rings is 1. The van der Waals surface area contributed by atoms with E-state index in [4.69, 9.17) is 4.74 Å². The zero-order valence-corrected chi connectivity index (χ0v) is 19.8. The summed E-state index contributed by atoms with van der Waals surface area (Å²) in [6.07, 6.45) is 0. The number of nitrogens with one attached hydrogen (secondary N) is 1. The largest absolute Gasteiger partial charge is 0.495 e. The number of hydrogen-bond acceptors (Lipinski definition) is 7. The summed E-state index contributed by atoms with van der Waals surface area (Å²) >= 11 is 2.86. The number of thioether (sulfide) groups is 1. The zero-order valence-electron chi connectivity index (χ0n) is 18.1. The van der Waals surface area contributed by atoms with Gasteiger partial charge >= 0.3 is 0 Å². The second-order valence-electron chi connectivity index (χ2n) is 7.18. The van der Waals surface area contributed by atoms with Crippen LogP contribution in [0.4, 0.5) is 0 Å². The Labute approximate surface area is 193 Å². The highest BCUT2D eigenvalue weighted by Gasteiger charge is 2.23. The van der Waals surface area contributed by atoms with E-state index < -0.39 is 0 Å². The SMILES string of the molecule is COc1ccccc1-n1c(SCC(=O)c2[nH]c(C)c(C(C)=O)c2C)nnc1-c1cccs1. The van der Waals surface area contributed by atoms with Crippen molar-refractivity contribution in [2.24, 2.45) is 0 Å². The van der Waals surface area contributed by atoms with Crippen molar-refractivity contribution in [1.29, 1.82) is 0 Å². The Morgan fingerprint density at radius 3 is 2.59 bits per heavy atom. The number of ketones is 2. The molecule has 0 aliphatic heterocycles. The summed E-state index contributed by atoms with van der Waals surface area (Å²) in [5.41, 5.74) is 3.23. The first-order valence-electron chi connectivity index (χ1n) is 9.91. The molecule has 0 radical (unpaired) electrons. The Kier molecular flexibility index (Phi) is 6.29. The summed E-state index contributed by atoms with van der Waals surface area (Å²) in [7, 11) is 1.62. The number of aryl methyl sites for hydroxylation is 1. The molecule has 4 rings (SSSR count). The van der Waals surface area contributed by atoms with E-state index in [2.05, 4.69) is 15.2 Å². The molecule has 7 nitrogen and oxygen atoms in total. The molecule has 3 aromatic heterocycles. The van der Waals surface area contributed by atoms with Gasteiger partial charge in [-0.2, -0.15) is 0 Å². The Bertz CT molecular complexity index is 1290. The summed E-state index contributed by atoms with van der Waals surface area (Å²) < 4.78 is 7.47. The second-order valence-corrected chi connectivity index (χ2v) is 9.07. The van der Waals surface area contributed by atoms with E-state index >= 15 is 0 Å². The number of methoxy groups -OCH3 is 1. The van der Waals surface area contributed by atoms with Crippen molar-refractivity contribution in [3.05, 3.63) is 64.3 Å². The fraction of sp³-hybridized carbons (Fsp3) is 0.217. The number of carbonyl (C=O) groups excluding carboxylic acids is 2. The molecule has 0 amide bonds. The number of rotatable bonds is 8. The summed E-state index contributed by atoms with van der Waals surface area (Å²) in [5.74, 6) is 1.36. The van der Waals surface area contributed by atoms with Gasteiger partial charge in [0.25, 0.3) is 0 Å². The van der Waals surface area contributed by atoms with Crippen LogP contribution in [0, 0.1) is 13.8 Å². The number of para-hydroxylation sites is 2. The topological polar surface area (TPSA) is 89.9 Å². The fourth-order valence-corrected chi connectivity index (χ4v) is 5.24. The average Bonchev–Trinajstić information content (AvgIpc) is 3.50. The molecular weight excluding hydrogens is 444 g/mol. The molecule has 0 atom stereocenters. The Hall–Kier alpha value is -3.17. The Balaban J connectivity index is 1.69. The van der Waals surface area contributed by atoms with Gasteiger partial charge in [0.2, 0.25) is 0 Å². The lowest BCUT2D eigenvalue weighted by molar-refractivity contribution is 0.101. The van der Waals surface area contributed by atoms with E-state index in [1.165, 1.54) is 18.7 Å². The van der Waals surface area contributed by atoms with Gasteiger partial charge < -0.3 is 9.72 Å². The highest BCUT2D eigenvalue weighted by atomic mass is 32.2. The van der Waals surface area contributed by atoms with Gasteiger partial charge in [-0.05, 0) is 49.9 Å². The Morgan fingerprint density at radius 1 is 1.16 bits per heavy atom. The molecule has 0 saturated carbocycles. The minimum atomic E-state index is -0.102. The van der Waals surface area contributed by atoms with Gasteiger partial charge in [0.15, 0.2) is 22.5 Å².